The van der Waals surface area contributed by atoms with E-state index in [4.69, 9.17) is 9.05 Å². The van der Waals surface area contributed by atoms with Gasteiger partial charge in [0.2, 0.25) is 0 Å². The van der Waals surface area contributed by atoms with Crippen LogP contribution >= 0.6 is 7.75 Å². The summed E-state index contributed by atoms with van der Waals surface area (Å²) in [5, 5.41) is 3.11. The van der Waals surface area contributed by atoms with Crippen LogP contribution in [0.25, 0.3) is 0 Å². The van der Waals surface area contributed by atoms with Crippen molar-refractivity contribution in [2.75, 3.05) is 13.2 Å². The molecule has 0 saturated heterocycles. The quantitative estimate of drug-likeness (QED) is 0.678. The third-order valence-electron chi connectivity index (χ3n) is 3.31. The molecule has 0 atom stereocenters. The topological polar surface area (TPSA) is 47.6 Å². The van der Waals surface area contributed by atoms with Crippen molar-refractivity contribution in [2.24, 2.45) is 5.92 Å². The molecule has 0 spiro atoms. The van der Waals surface area contributed by atoms with Gasteiger partial charge in [-0.3, -0.25) is 9.05 Å². The van der Waals surface area contributed by atoms with Gasteiger partial charge in [-0.1, -0.05) is 25.7 Å². The fourth-order valence-electron chi connectivity index (χ4n) is 2.79. The van der Waals surface area contributed by atoms with Crippen LogP contribution in [0.5, 0.6) is 0 Å². The predicted octanol–water partition coefficient (Wildman–Crippen LogP) is 4.12. The van der Waals surface area contributed by atoms with Gasteiger partial charge in [0.1, 0.15) is 0 Å². The SMILES string of the molecule is CCOP(=O)(NC(C)(C)CC1CCCC1)OCC. The van der Waals surface area contributed by atoms with Crippen LogP contribution in [0.1, 0.15) is 59.8 Å². The highest BCUT2D eigenvalue weighted by Crippen LogP contribution is 2.47. The Kier molecular flexibility index (Phi) is 6.32. The molecule has 4 nitrogen and oxygen atoms in total. The minimum Gasteiger partial charge on any atom is -0.297 e. The summed E-state index contributed by atoms with van der Waals surface area (Å²) in [7, 11) is -3.15. The van der Waals surface area contributed by atoms with Gasteiger partial charge in [0.05, 0.1) is 13.2 Å². The van der Waals surface area contributed by atoms with Crippen molar-refractivity contribution in [2.45, 2.75) is 65.3 Å². The first kappa shape index (κ1) is 16.2. The molecule has 1 aliphatic rings. The molecule has 0 bridgehead atoms. The minimum atomic E-state index is -3.15. The van der Waals surface area contributed by atoms with Gasteiger partial charge in [-0.2, -0.15) is 0 Å². The van der Waals surface area contributed by atoms with Crippen LogP contribution in [0.4, 0.5) is 0 Å². The standard InChI is InChI=1S/C13H28NO3P/c1-5-16-18(15,17-6-2)14-13(3,4)11-12-9-7-8-10-12/h12H,5-11H2,1-4H3,(H,14,15). The Morgan fingerprint density at radius 3 is 2.11 bits per heavy atom. The van der Waals surface area contributed by atoms with Gasteiger partial charge in [0.15, 0.2) is 0 Å². The van der Waals surface area contributed by atoms with E-state index in [0.29, 0.717) is 13.2 Å². The third kappa shape index (κ3) is 5.40. The summed E-state index contributed by atoms with van der Waals surface area (Å²) >= 11 is 0. The average molecular weight is 277 g/mol. The Morgan fingerprint density at radius 1 is 1.17 bits per heavy atom. The number of hydrogen-bond acceptors (Lipinski definition) is 3. The first-order chi connectivity index (χ1) is 8.41. The number of nitrogens with one attached hydrogen (secondary N) is 1. The lowest BCUT2D eigenvalue weighted by Gasteiger charge is -2.32. The summed E-state index contributed by atoms with van der Waals surface area (Å²) in [4.78, 5) is 0. The van der Waals surface area contributed by atoms with Gasteiger partial charge in [0.25, 0.3) is 0 Å². The lowest BCUT2D eigenvalue weighted by molar-refractivity contribution is 0.193. The van der Waals surface area contributed by atoms with Gasteiger partial charge in [0, 0.05) is 5.54 Å². The zero-order chi connectivity index (χ0) is 13.6. The Hall–Kier alpha value is 0.110. The highest BCUT2D eigenvalue weighted by molar-refractivity contribution is 7.51. The van der Waals surface area contributed by atoms with E-state index in [-0.39, 0.29) is 5.54 Å². The Balaban J connectivity index is 2.56. The molecule has 0 aliphatic heterocycles. The molecule has 1 N–H and O–H groups in total. The Morgan fingerprint density at radius 2 is 1.67 bits per heavy atom. The van der Waals surface area contributed by atoms with Gasteiger partial charge >= 0.3 is 7.75 Å². The molecule has 1 fully saturated rings. The van der Waals surface area contributed by atoms with Crippen molar-refractivity contribution in [1.82, 2.24) is 5.09 Å². The van der Waals surface area contributed by atoms with Crippen LogP contribution in [-0.2, 0) is 13.6 Å². The molecule has 18 heavy (non-hydrogen) atoms. The minimum absolute atomic E-state index is 0.213. The molecule has 0 amide bonds. The molecular formula is C13H28NO3P. The second-order valence-electron chi connectivity index (χ2n) is 5.68. The van der Waals surface area contributed by atoms with Gasteiger partial charge in [-0.25, -0.2) is 9.65 Å². The summed E-state index contributed by atoms with van der Waals surface area (Å²) < 4.78 is 23.0. The molecule has 0 aromatic rings. The first-order valence-corrected chi connectivity index (χ1v) is 8.63. The predicted molar refractivity (Wildman–Crippen MR) is 74.6 cm³/mol. The molecular weight excluding hydrogens is 249 g/mol. The molecule has 5 heteroatoms. The van der Waals surface area contributed by atoms with Crippen molar-refractivity contribution < 1.29 is 13.6 Å². The van der Waals surface area contributed by atoms with Crippen LogP contribution < -0.4 is 5.09 Å². The molecule has 0 aromatic carbocycles. The van der Waals surface area contributed by atoms with E-state index in [1.54, 1.807) is 0 Å². The van der Waals surface area contributed by atoms with Crippen LogP contribution in [0, 0.1) is 5.92 Å². The van der Waals surface area contributed by atoms with Crippen LogP contribution in [0.3, 0.4) is 0 Å². The van der Waals surface area contributed by atoms with E-state index in [1.807, 2.05) is 13.8 Å². The lowest BCUT2D eigenvalue weighted by Crippen LogP contribution is -2.39. The average Bonchev–Trinajstić information content (AvgIpc) is 2.68. The molecule has 0 unspecified atom stereocenters. The second-order valence-corrected chi connectivity index (χ2v) is 7.42. The molecule has 1 saturated carbocycles. The lowest BCUT2D eigenvalue weighted by atomic mass is 9.90. The molecule has 1 aliphatic carbocycles. The van der Waals surface area contributed by atoms with E-state index in [2.05, 4.69) is 18.9 Å². The zero-order valence-electron chi connectivity index (χ0n) is 12.2. The molecule has 1 rings (SSSR count). The smallest absolute Gasteiger partial charge is 0.297 e. The summed E-state index contributed by atoms with van der Waals surface area (Å²) in [5.74, 6) is 0.740. The van der Waals surface area contributed by atoms with Crippen LogP contribution in [-0.4, -0.2) is 18.8 Å². The summed E-state index contributed by atoms with van der Waals surface area (Å²) in [5.41, 5.74) is -0.213. The van der Waals surface area contributed by atoms with Gasteiger partial charge < -0.3 is 0 Å². The van der Waals surface area contributed by atoms with Crippen molar-refractivity contribution in [3.8, 4) is 0 Å². The van der Waals surface area contributed by atoms with Crippen molar-refractivity contribution >= 4 is 7.75 Å². The summed E-state index contributed by atoms with van der Waals surface area (Å²) in [6.07, 6.45) is 6.26. The fourth-order valence-corrected chi connectivity index (χ4v) is 4.51. The normalized spacial score (nSPS) is 18.4. The highest BCUT2D eigenvalue weighted by Gasteiger charge is 2.34. The maximum Gasteiger partial charge on any atom is 0.405 e. The molecule has 0 radical (unpaired) electrons. The van der Waals surface area contributed by atoms with Crippen LogP contribution in [0.2, 0.25) is 0 Å². The van der Waals surface area contributed by atoms with Crippen molar-refractivity contribution in [3.63, 3.8) is 0 Å². The number of rotatable bonds is 8. The highest BCUT2D eigenvalue weighted by atomic mass is 31.2. The first-order valence-electron chi connectivity index (χ1n) is 7.09. The van der Waals surface area contributed by atoms with E-state index < -0.39 is 7.75 Å². The van der Waals surface area contributed by atoms with Gasteiger partial charge in [-0.15, -0.1) is 0 Å². The molecule has 0 heterocycles. The van der Waals surface area contributed by atoms with Crippen LogP contribution in [0.15, 0.2) is 0 Å². The fraction of sp³-hybridized carbons (Fsp3) is 1.00. The van der Waals surface area contributed by atoms with Crippen molar-refractivity contribution in [3.05, 3.63) is 0 Å². The summed E-state index contributed by atoms with van der Waals surface area (Å²) in [6, 6.07) is 0. The van der Waals surface area contributed by atoms with Gasteiger partial charge in [-0.05, 0) is 40.0 Å². The Labute approximate surface area is 111 Å². The van der Waals surface area contributed by atoms with E-state index in [9.17, 15) is 4.57 Å². The monoisotopic (exact) mass is 277 g/mol. The van der Waals surface area contributed by atoms with Crippen molar-refractivity contribution in [1.29, 1.82) is 0 Å². The van der Waals surface area contributed by atoms with E-state index >= 15 is 0 Å². The maximum atomic E-state index is 12.4. The second kappa shape index (κ2) is 7.04. The maximum absolute atomic E-state index is 12.4. The molecule has 108 valence electrons. The largest absolute Gasteiger partial charge is 0.405 e. The van der Waals surface area contributed by atoms with E-state index in [1.165, 1.54) is 25.7 Å². The summed E-state index contributed by atoms with van der Waals surface area (Å²) in [6.45, 7) is 8.61. The Bertz CT molecular complexity index is 278. The third-order valence-corrected chi connectivity index (χ3v) is 5.39. The molecule has 0 aromatic heterocycles. The van der Waals surface area contributed by atoms with E-state index in [0.717, 1.165) is 12.3 Å². The number of hydrogen-bond donors (Lipinski definition) is 1. The zero-order valence-corrected chi connectivity index (χ0v) is 13.1.